The molecule has 0 unspecified atom stereocenters. The number of piperazine rings is 1. The molecule has 0 aliphatic carbocycles. The van der Waals surface area contributed by atoms with E-state index in [4.69, 9.17) is 9.47 Å². The van der Waals surface area contributed by atoms with E-state index in [-0.39, 0.29) is 5.75 Å². The molecule has 0 saturated carbocycles. The fourth-order valence-electron chi connectivity index (χ4n) is 3.00. The predicted molar refractivity (Wildman–Crippen MR) is 104 cm³/mol. The van der Waals surface area contributed by atoms with Gasteiger partial charge in [0.15, 0.2) is 11.5 Å². The maximum atomic E-state index is 12.2. The number of benzene rings is 1. The van der Waals surface area contributed by atoms with Crippen molar-refractivity contribution < 1.29 is 17.9 Å². The van der Waals surface area contributed by atoms with Crippen molar-refractivity contribution in [3.05, 3.63) is 23.8 Å². The van der Waals surface area contributed by atoms with E-state index in [1.807, 2.05) is 19.1 Å². The summed E-state index contributed by atoms with van der Waals surface area (Å²) in [5.41, 5.74) is 1.14. The maximum absolute atomic E-state index is 12.2. The molecule has 148 valence electrons. The van der Waals surface area contributed by atoms with Gasteiger partial charge in [0.05, 0.1) is 19.5 Å². The Balaban J connectivity index is 1.93. The molecule has 1 heterocycles. The minimum Gasteiger partial charge on any atom is -0.493 e. The first kappa shape index (κ1) is 21.0. The Morgan fingerprint density at radius 3 is 2.38 bits per heavy atom. The zero-order valence-corrected chi connectivity index (χ0v) is 17.2. The van der Waals surface area contributed by atoms with Crippen LogP contribution in [0.1, 0.15) is 32.8 Å². The molecule has 0 bridgehead atoms. The van der Waals surface area contributed by atoms with E-state index < -0.39 is 10.0 Å². The third-order valence-corrected chi connectivity index (χ3v) is 6.47. The molecule has 0 N–H and O–H groups in total. The second-order valence-corrected chi connectivity index (χ2v) is 9.27. The van der Waals surface area contributed by atoms with Crippen LogP contribution in [0.4, 0.5) is 0 Å². The summed E-state index contributed by atoms with van der Waals surface area (Å²) >= 11 is 0. The summed E-state index contributed by atoms with van der Waals surface area (Å²) in [6, 6.07) is 6.02. The first-order valence-corrected chi connectivity index (χ1v) is 11.0. The maximum Gasteiger partial charge on any atom is 0.214 e. The molecule has 1 aliphatic rings. The van der Waals surface area contributed by atoms with Gasteiger partial charge in [-0.25, -0.2) is 8.42 Å². The fourth-order valence-corrected chi connectivity index (χ4v) is 4.49. The summed E-state index contributed by atoms with van der Waals surface area (Å²) in [7, 11) is -1.44. The highest BCUT2D eigenvalue weighted by Gasteiger charge is 2.26. The molecule has 0 atom stereocenters. The zero-order chi connectivity index (χ0) is 19.2. The molecule has 7 heteroatoms. The third-order valence-electron chi connectivity index (χ3n) is 4.39. The molecule has 0 spiro atoms. The Morgan fingerprint density at radius 1 is 1.12 bits per heavy atom. The van der Waals surface area contributed by atoms with Crippen molar-refractivity contribution >= 4 is 10.0 Å². The van der Waals surface area contributed by atoms with Gasteiger partial charge < -0.3 is 9.47 Å². The van der Waals surface area contributed by atoms with E-state index in [1.165, 1.54) is 0 Å². The summed E-state index contributed by atoms with van der Waals surface area (Å²) in [5.74, 6) is 2.20. The quantitative estimate of drug-likeness (QED) is 0.655. The van der Waals surface area contributed by atoms with Crippen molar-refractivity contribution in [2.75, 3.05) is 45.6 Å². The Hall–Kier alpha value is -1.31. The third kappa shape index (κ3) is 5.86. The summed E-state index contributed by atoms with van der Waals surface area (Å²) in [5, 5.41) is 0. The first-order valence-electron chi connectivity index (χ1n) is 9.35. The molecule has 0 amide bonds. The van der Waals surface area contributed by atoms with E-state index in [2.05, 4.69) is 24.8 Å². The second kappa shape index (κ2) is 9.58. The van der Waals surface area contributed by atoms with E-state index in [0.717, 1.165) is 36.7 Å². The van der Waals surface area contributed by atoms with Crippen molar-refractivity contribution in [3.8, 4) is 11.5 Å². The normalized spacial score (nSPS) is 16.8. The van der Waals surface area contributed by atoms with Gasteiger partial charge in [0.1, 0.15) is 0 Å². The molecule has 0 aromatic heterocycles. The molecular formula is C19H32N2O4S. The molecule has 1 aliphatic heterocycles. The molecule has 0 radical (unpaired) electrons. The lowest BCUT2D eigenvalue weighted by Crippen LogP contribution is -2.48. The first-order chi connectivity index (χ1) is 12.4. The average molecular weight is 385 g/mol. The molecule has 2 rings (SSSR count). The molecule has 1 aromatic rings. The number of sulfonamides is 1. The van der Waals surface area contributed by atoms with Crippen LogP contribution in [0.3, 0.4) is 0 Å². The van der Waals surface area contributed by atoms with Crippen LogP contribution in [0, 0.1) is 5.92 Å². The van der Waals surface area contributed by atoms with Crippen molar-refractivity contribution in [1.82, 2.24) is 9.21 Å². The van der Waals surface area contributed by atoms with E-state index in [9.17, 15) is 8.42 Å². The van der Waals surface area contributed by atoms with Gasteiger partial charge in [-0.1, -0.05) is 26.8 Å². The van der Waals surface area contributed by atoms with Crippen LogP contribution in [0.25, 0.3) is 0 Å². The second-order valence-electron chi connectivity index (χ2n) is 7.18. The van der Waals surface area contributed by atoms with Gasteiger partial charge in [0, 0.05) is 32.7 Å². The highest BCUT2D eigenvalue weighted by atomic mass is 32.2. The van der Waals surface area contributed by atoms with E-state index in [1.54, 1.807) is 11.4 Å². The smallest absolute Gasteiger partial charge is 0.214 e. The summed E-state index contributed by atoms with van der Waals surface area (Å²) in [6.07, 6.45) is 0.660. The van der Waals surface area contributed by atoms with Gasteiger partial charge in [0.25, 0.3) is 0 Å². The van der Waals surface area contributed by atoms with Gasteiger partial charge in [-0.2, -0.15) is 4.31 Å². The zero-order valence-electron chi connectivity index (χ0n) is 16.4. The monoisotopic (exact) mass is 384 g/mol. The molecular weight excluding hydrogens is 352 g/mol. The predicted octanol–water partition coefficient (Wildman–Crippen LogP) is 2.59. The highest BCUT2D eigenvalue weighted by molar-refractivity contribution is 7.89. The van der Waals surface area contributed by atoms with E-state index >= 15 is 0 Å². The van der Waals surface area contributed by atoms with Gasteiger partial charge in [-0.05, 0) is 30.0 Å². The van der Waals surface area contributed by atoms with Gasteiger partial charge >= 0.3 is 0 Å². The van der Waals surface area contributed by atoms with Gasteiger partial charge in [-0.15, -0.1) is 0 Å². The number of hydrogen-bond donors (Lipinski definition) is 0. The number of hydrogen-bond acceptors (Lipinski definition) is 5. The Kier molecular flexibility index (Phi) is 7.73. The Morgan fingerprint density at radius 2 is 1.81 bits per heavy atom. The van der Waals surface area contributed by atoms with Crippen LogP contribution < -0.4 is 9.47 Å². The molecule has 6 nitrogen and oxygen atoms in total. The number of methoxy groups -OCH3 is 1. The molecule has 1 saturated heterocycles. The lowest BCUT2D eigenvalue weighted by molar-refractivity contribution is 0.181. The lowest BCUT2D eigenvalue weighted by Gasteiger charge is -2.34. The van der Waals surface area contributed by atoms with Crippen LogP contribution in [-0.2, 0) is 16.6 Å². The summed E-state index contributed by atoms with van der Waals surface area (Å²) < 4.78 is 37.2. The largest absolute Gasteiger partial charge is 0.493 e. The molecule has 1 aromatic carbocycles. The average Bonchev–Trinajstić information content (AvgIpc) is 2.60. The van der Waals surface area contributed by atoms with Crippen molar-refractivity contribution in [1.29, 1.82) is 0 Å². The standard InChI is InChI=1S/C19H32N2O4S/c1-5-12-26(22,23)21-10-8-20(9-11-21)14-17-6-7-18(19(13-17)24-4)25-15-16(2)3/h6-7,13,16H,5,8-12,14-15H2,1-4H3. The van der Waals surface area contributed by atoms with Crippen LogP contribution in [0.15, 0.2) is 18.2 Å². The number of nitrogens with zero attached hydrogens (tertiary/aromatic N) is 2. The summed E-state index contributed by atoms with van der Waals surface area (Å²) in [6.45, 7) is 10.2. The van der Waals surface area contributed by atoms with Crippen molar-refractivity contribution in [2.24, 2.45) is 5.92 Å². The fraction of sp³-hybridized carbons (Fsp3) is 0.684. The molecule has 1 fully saturated rings. The van der Waals surface area contributed by atoms with Gasteiger partial charge in [-0.3, -0.25) is 4.90 Å². The van der Waals surface area contributed by atoms with Crippen molar-refractivity contribution in [3.63, 3.8) is 0 Å². The minimum atomic E-state index is -3.09. The minimum absolute atomic E-state index is 0.238. The lowest BCUT2D eigenvalue weighted by atomic mass is 10.1. The van der Waals surface area contributed by atoms with Crippen LogP contribution in [0.5, 0.6) is 11.5 Å². The SMILES string of the molecule is CCCS(=O)(=O)N1CCN(Cc2ccc(OCC(C)C)c(OC)c2)CC1. The topological polar surface area (TPSA) is 59.1 Å². The number of rotatable bonds is 9. The summed E-state index contributed by atoms with van der Waals surface area (Å²) in [4.78, 5) is 2.28. The van der Waals surface area contributed by atoms with Crippen molar-refractivity contribution in [2.45, 2.75) is 33.7 Å². The van der Waals surface area contributed by atoms with Crippen LogP contribution >= 0.6 is 0 Å². The van der Waals surface area contributed by atoms with Crippen LogP contribution in [-0.4, -0.2) is 63.3 Å². The van der Waals surface area contributed by atoms with Crippen LogP contribution in [0.2, 0.25) is 0 Å². The van der Waals surface area contributed by atoms with E-state index in [0.29, 0.717) is 32.0 Å². The molecule has 26 heavy (non-hydrogen) atoms. The van der Waals surface area contributed by atoms with Gasteiger partial charge in [0.2, 0.25) is 10.0 Å². The Bertz CT molecular complexity index is 668. The highest BCUT2D eigenvalue weighted by Crippen LogP contribution is 2.29. The number of ether oxygens (including phenoxy) is 2. The Labute approximate surface area is 158 Å².